The van der Waals surface area contributed by atoms with Crippen LogP contribution in [0.25, 0.3) is 5.69 Å². The first kappa shape index (κ1) is 28.1. The van der Waals surface area contributed by atoms with E-state index in [4.69, 9.17) is 4.74 Å². The molecule has 0 saturated heterocycles. The Kier molecular flexibility index (Phi) is 8.88. The van der Waals surface area contributed by atoms with Gasteiger partial charge in [0.1, 0.15) is 12.3 Å². The van der Waals surface area contributed by atoms with Crippen LogP contribution in [0.5, 0.6) is 5.75 Å². The predicted octanol–water partition coefficient (Wildman–Crippen LogP) is 5.60. The van der Waals surface area contributed by atoms with E-state index < -0.39 is 22.5 Å². The lowest BCUT2D eigenvalue weighted by Crippen LogP contribution is -2.39. The number of nitrogens with one attached hydrogen (secondary N) is 1. The quantitative estimate of drug-likeness (QED) is 0.187. The third-order valence-electron chi connectivity index (χ3n) is 6.00. The first-order valence-corrected chi connectivity index (χ1v) is 14.5. The number of rotatable bonds is 10. The Labute approximate surface area is 237 Å². The normalized spacial score (nSPS) is 11.5. The van der Waals surface area contributed by atoms with Crippen LogP contribution in [0.1, 0.15) is 23.9 Å². The minimum atomic E-state index is -4.02. The number of benzene rings is 3. The molecular weight excluding hydrogens is 580 g/mol. The fraction of sp³-hybridized carbons (Fsp3) is 0.172. The van der Waals surface area contributed by atoms with Gasteiger partial charge in [0.2, 0.25) is 0 Å². The summed E-state index contributed by atoms with van der Waals surface area (Å²) in [4.78, 5) is 13.0. The summed E-state index contributed by atoms with van der Waals surface area (Å²) >= 11 is 3.46. The Bertz CT molecular complexity index is 1570. The van der Waals surface area contributed by atoms with E-state index in [2.05, 4.69) is 31.0 Å². The summed E-state index contributed by atoms with van der Waals surface area (Å²) < 4.78 is 36.6. The molecule has 1 N–H and O–H groups in total. The Balaban J connectivity index is 1.54. The highest BCUT2D eigenvalue weighted by atomic mass is 79.9. The Morgan fingerprint density at radius 3 is 2.33 bits per heavy atom. The van der Waals surface area contributed by atoms with Crippen molar-refractivity contribution in [3.8, 4) is 11.4 Å². The average Bonchev–Trinajstić information content (AvgIpc) is 3.21. The summed E-state index contributed by atoms with van der Waals surface area (Å²) in [5.74, 6) is 0.0226. The van der Waals surface area contributed by atoms with Gasteiger partial charge in [-0.1, -0.05) is 34.1 Å². The summed E-state index contributed by atoms with van der Waals surface area (Å²) in [6, 6.07) is 24.5. The number of carbonyl (C=O) groups excluding carboxylic acids is 1. The number of amides is 1. The Morgan fingerprint density at radius 1 is 1.03 bits per heavy atom. The molecule has 0 aliphatic heterocycles. The van der Waals surface area contributed by atoms with Gasteiger partial charge in [-0.05, 0) is 87.5 Å². The maximum Gasteiger partial charge on any atom is 0.264 e. The zero-order valence-electron chi connectivity index (χ0n) is 21.8. The number of hydrogen-bond acceptors (Lipinski definition) is 5. The summed E-state index contributed by atoms with van der Waals surface area (Å²) in [5.41, 5.74) is 6.61. The van der Waals surface area contributed by atoms with Gasteiger partial charge in [-0.25, -0.2) is 13.8 Å². The van der Waals surface area contributed by atoms with Crippen molar-refractivity contribution in [1.29, 1.82) is 0 Å². The van der Waals surface area contributed by atoms with Crippen LogP contribution in [-0.2, 0) is 14.8 Å². The summed E-state index contributed by atoms with van der Waals surface area (Å²) in [5, 5.41) is 4.12. The van der Waals surface area contributed by atoms with Crippen LogP contribution < -0.4 is 14.5 Å². The molecule has 1 aromatic heterocycles. The van der Waals surface area contributed by atoms with Crippen molar-refractivity contribution in [2.75, 3.05) is 17.5 Å². The molecule has 202 valence electrons. The summed E-state index contributed by atoms with van der Waals surface area (Å²) in [6.07, 6.45) is 1.56. The molecule has 0 atom stereocenters. The number of aryl methyl sites for hydroxylation is 1. The van der Waals surface area contributed by atoms with Gasteiger partial charge in [0.15, 0.2) is 0 Å². The van der Waals surface area contributed by atoms with Crippen molar-refractivity contribution in [2.45, 2.75) is 25.7 Å². The minimum absolute atomic E-state index is 0.0792. The number of hydrazone groups is 1. The van der Waals surface area contributed by atoms with Gasteiger partial charge in [-0.2, -0.15) is 5.10 Å². The lowest BCUT2D eigenvalue weighted by atomic mass is 10.2. The SMILES string of the molecule is CCOc1ccc(N(CC(=O)N/N=C/c2cc(C)n(-c3ccc(Br)cc3)c2C)S(=O)(=O)c2ccccc2)cc1. The first-order chi connectivity index (χ1) is 18.7. The number of anilines is 1. The molecule has 0 spiro atoms. The highest BCUT2D eigenvalue weighted by Crippen LogP contribution is 2.26. The molecule has 3 aromatic carbocycles. The fourth-order valence-corrected chi connectivity index (χ4v) is 5.86. The lowest BCUT2D eigenvalue weighted by Gasteiger charge is -2.24. The zero-order valence-corrected chi connectivity index (χ0v) is 24.2. The van der Waals surface area contributed by atoms with Gasteiger partial charge >= 0.3 is 0 Å². The minimum Gasteiger partial charge on any atom is -0.494 e. The first-order valence-electron chi connectivity index (χ1n) is 12.3. The van der Waals surface area contributed by atoms with E-state index in [1.807, 2.05) is 51.1 Å². The molecule has 8 nitrogen and oxygen atoms in total. The van der Waals surface area contributed by atoms with Gasteiger partial charge < -0.3 is 9.30 Å². The maximum absolute atomic E-state index is 13.5. The molecule has 0 radical (unpaired) electrons. The highest BCUT2D eigenvalue weighted by molar-refractivity contribution is 9.10. The molecule has 0 fully saturated rings. The topological polar surface area (TPSA) is 93.0 Å². The fourth-order valence-electron chi connectivity index (χ4n) is 4.16. The standard InChI is InChI=1S/C29H29BrN4O4S/c1-4-38-27-16-14-25(15-17-27)33(39(36,37)28-8-6-5-7-9-28)20-29(35)32-31-19-23-18-21(2)34(22(23)3)26-12-10-24(30)11-13-26/h5-19H,4,20H2,1-3H3,(H,32,35)/b31-19+. The molecule has 1 amide bonds. The van der Waals surface area contributed by atoms with Gasteiger partial charge in [-0.15, -0.1) is 0 Å². The van der Waals surface area contributed by atoms with Gasteiger partial charge in [0.25, 0.3) is 15.9 Å². The Hall–Kier alpha value is -3.89. The molecular formula is C29H29BrN4O4S. The average molecular weight is 610 g/mol. The third kappa shape index (κ3) is 6.58. The van der Waals surface area contributed by atoms with Gasteiger partial charge in [-0.3, -0.25) is 9.10 Å². The van der Waals surface area contributed by atoms with Crippen LogP contribution in [0.2, 0.25) is 0 Å². The second kappa shape index (κ2) is 12.3. The largest absolute Gasteiger partial charge is 0.494 e. The van der Waals surface area contributed by atoms with Crippen LogP contribution >= 0.6 is 15.9 Å². The molecule has 0 unspecified atom stereocenters. The number of sulfonamides is 1. The second-order valence-corrected chi connectivity index (χ2v) is 11.5. The number of carbonyl (C=O) groups is 1. The monoisotopic (exact) mass is 608 g/mol. The van der Waals surface area contributed by atoms with Crippen LogP contribution in [0.15, 0.2) is 99.4 Å². The molecule has 0 aliphatic rings. The van der Waals surface area contributed by atoms with Crippen LogP contribution in [0.4, 0.5) is 5.69 Å². The molecule has 1 heterocycles. The summed E-state index contributed by atoms with van der Waals surface area (Å²) in [6.45, 7) is 5.85. The van der Waals surface area contributed by atoms with Crippen LogP contribution in [0.3, 0.4) is 0 Å². The number of hydrogen-bond donors (Lipinski definition) is 1. The van der Waals surface area contributed by atoms with Crippen molar-refractivity contribution in [3.63, 3.8) is 0 Å². The molecule has 4 rings (SSSR count). The molecule has 39 heavy (non-hydrogen) atoms. The molecule has 4 aromatic rings. The maximum atomic E-state index is 13.5. The van der Waals surface area contributed by atoms with Crippen molar-refractivity contribution in [3.05, 3.63) is 106 Å². The lowest BCUT2D eigenvalue weighted by molar-refractivity contribution is -0.119. The van der Waals surface area contributed by atoms with E-state index >= 15 is 0 Å². The third-order valence-corrected chi connectivity index (χ3v) is 8.32. The highest BCUT2D eigenvalue weighted by Gasteiger charge is 2.27. The number of halogens is 1. The number of nitrogens with zero attached hydrogens (tertiary/aromatic N) is 3. The van der Waals surface area contributed by atoms with E-state index in [-0.39, 0.29) is 4.90 Å². The van der Waals surface area contributed by atoms with Crippen molar-refractivity contribution < 1.29 is 17.9 Å². The van der Waals surface area contributed by atoms with E-state index in [9.17, 15) is 13.2 Å². The van der Waals surface area contributed by atoms with Gasteiger partial charge in [0.05, 0.1) is 23.4 Å². The van der Waals surface area contributed by atoms with E-state index in [0.29, 0.717) is 18.0 Å². The molecule has 0 bridgehead atoms. The van der Waals surface area contributed by atoms with Crippen molar-refractivity contribution in [2.24, 2.45) is 5.10 Å². The summed E-state index contributed by atoms with van der Waals surface area (Å²) in [7, 11) is -4.02. The van der Waals surface area contributed by atoms with Crippen molar-refractivity contribution in [1.82, 2.24) is 9.99 Å². The Morgan fingerprint density at radius 2 is 1.69 bits per heavy atom. The molecule has 0 saturated carbocycles. The van der Waals surface area contributed by atoms with E-state index in [0.717, 1.165) is 31.4 Å². The number of ether oxygens (including phenoxy) is 1. The van der Waals surface area contributed by atoms with E-state index in [1.165, 1.54) is 12.1 Å². The van der Waals surface area contributed by atoms with Crippen LogP contribution in [0, 0.1) is 13.8 Å². The predicted molar refractivity (Wildman–Crippen MR) is 157 cm³/mol. The second-order valence-electron chi connectivity index (χ2n) is 8.68. The zero-order chi connectivity index (χ0) is 28.0. The smallest absolute Gasteiger partial charge is 0.264 e. The van der Waals surface area contributed by atoms with Gasteiger partial charge in [0, 0.05) is 27.1 Å². The number of aromatic nitrogens is 1. The van der Waals surface area contributed by atoms with E-state index in [1.54, 1.807) is 48.7 Å². The molecule has 0 aliphatic carbocycles. The van der Waals surface area contributed by atoms with Crippen LogP contribution in [-0.4, -0.2) is 38.3 Å². The molecule has 10 heteroatoms. The van der Waals surface area contributed by atoms with Crippen molar-refractivity contribution >= 4 is 43.8 Å².